The molecule has 0 spiro atoms. The molecule has 0 N–H and O–H groups in total. The molecule has 0 aliphatic carbocycles. The maximum Gasteiger partial charge on any atom is 0.129 e. The average Bonchev–Trinajstić information content (AvgIpc) is 2.55. The van der Waals surface area contributed by atoms with Gasteiger partial charge in [-0.05, 0) is 43.9 Å². The van der Waals surface area contributed by atoms with Crippen molar-refractivity contribution in [2.75, 3.05) is 0 Å². The van der Waals surface area contributed by atoms with E-state index in [9.17, 15) is 4.79 Å². The topological polar surface area (TPSA) is 17.1 Å². The number of carbonyl (C=O) groups excluding carboxylic acids is 1. The van der Waals surface area contributed by atoms with Gasteiger partial charge in [-0.3, -0.25) is 0 Å². The standard InChI is InChI=1S/C20H22OS/c1-17(21)11-5-2-10-16-20(18-12-6-3-7-13-18)22-19-14-8-4-9-15-19/h3-4,6-9,12-16H,2,5,10-11H2,1H3. The predicted molar refractivity (Wildman–Crippen MR) is 95.9 cm³/mol. The zero-order chi connectivity index (χ0) is 15.6. The van der Waals surface area contributed by atoms with Crippen LogP contribution >= 0.6 is 11.8 Å². The number of thioether (sulfide) groups is 1. The number of hydrogen-bond donors (Lipinski definition) is 0. The van der Waals surface area contributed by atoms with Crippen molar-refractivity contribution in [3.05, 3.63) is 72.3 Å². The number of unbranched alkanes of at least 4 members (excludes halogenated alkanes) is 2. The number of Topliss-reactive ketones (excluding diaryl/α,β-unsaturated/α-hetero) is 1. The number of allylic oxidation sites excluding steroid dienone is 1. The molecule has 0 saturated carbocycles. The van der Waals surface area contributed by atoms with E-state index in [4.69, 9.17) is 0 Å². The third-order valence-electron chi connectivity index (χ3n) is 3.34. The second-order valence-corrected chi connectivity index (χ2v) is 6.41. The van der Waals surface area contributed by atoms with Gasteiger partial charge in [-0.1, -0.05) is 66.4 Å². The van der Waals surface area contributed by atoms with Crippen LogP contribution in [0, 0.1) is 0 Å². The summed E-state index contributed by atoms with van der Waals surface area (Å²) in [6.45, 7) is 1.66. The summed E-state index contributed by atoms with van der Waals surface area (Å²) in [5, 5.41) is 0. The molecule has 0 unspecified atom stereocenters. The van der Waals surface area contributed by atoms with Gasteiger partial charge in [-0.25, -0.2) is 0 Å². The van der Waals surface area contributed by atoms with Crippen LogP contribution in [0.5, 0.6) is 0 Å². The molecule has 0 atom stereocenters. The van der Waals surface area contributed by atoms with E-state index < -0.39 is 0 Å². The summed E-state index contributed by atoms with van der Waals surface area (Å²) in [4.78, 5) is 13.5. The van der Waals surface area contributed by atoms with Crippen LogP contribution in [-0.2, 0) is 4.79 Å². The van der Waals surface area contributed by atoms with Gasteiger partial charge in [0.05, 0.1) is 0 Å². The molecule has 0 amide bonds. The maximum atomic E-state index is 11.0. The van der Waals surface area contributed by atoms with Crippen molar-refractivity contribution < 1.29 is 4.79 Å². The van der Waals surface area contributed by atoms with Gasteiger partial charge in [0, 0.05) is 16.2 Å². The highest BCUT2D eigenvalue weighted by Crippen LogP contribution is 2.34. The molecule has 0 saturated heterocycles. The second kappa shape index (κ2) is 9.26. The Balaban J connectivity index is 2.03. The largest absolute Gasteiger partial charge is 0.300 e. The van der Waals surface area contributed by atoms with Gasteiger partial charge in [0.1, 0.15) is 5.78 Å². The van der Waals surface area contributed by atoms with Crippen molar-refractivity contribution in [3.8, 4) is 0 Å². The van der Waals surface area contributed by atoms with Gasteiger partial charge < -0.3 is 4.79 Å². The Morgan fingerprint density at radius 1 is 0.955 bits per heavy atom. The Bertz CT molecular complexity index is 602. The van der Waals surface area contributed by atoms with Crippen LogP contribution in [0.4, 0.5) is 0 Å². The van der Waals surface area contributed by atoms with Gasteiger partial charge in [0.2, 0.25) is 0 Å². The predicted octanol–water partition coefficient (Wildman–Crippen LogP) is 5.97. The van der Waals surface area contributed by atoms with E-state index in [1.54, 1.807) is 18.7 Å². The summed E-state index contributed by atoms with van der Waals surface area (Å²) < 4.78 is 0. The summed E-state index contributed by atoms with van der Waals surface area (Å²) in [5.41, 5.74) is 1.25. The minimum absolute atomic E-state index is 0.283. The Labute approximate surface area is 137 Å². The first-order chi connectivity index (χ1) is 10.8. The monoisotopic (exact) mass is 310 g/mol. The lowest BCUT2D eigenvalue weighted by atomic mass is 10.1. The van der Waals surface area contributed by atoms with Crippen molar-refractivity contribution >= 4 is 22.5 Å². The molecule has 114 valence electrons. The second-order valence-electron chi connectivity index (χ2n) is 5.30. The zero-order valence-electron chi connectivity index (χ0n) is 13.0. The fourth-order valence-corrected chi connectivity index (χ4v) is 3.19. The van der Waals surface area contributed by atoms with Gasteiger partial charge in [0.15, 0.2) is 0 Å². The van der Waals surface area contributed by atoms with Crippen LogP contribution in [-0.4, -0.2) is 5.78 Å². The molecule has 2 heteroatoms. The van der Waals surface area contributed by atoms with Gasteiger partial charge in [-0.2, -0.15) is 0 Å². The fourth-order valence-electron chi connectivity index (χ4n) is 2.19. The van der Waals surface area contributed by atoms with E-state index in [0.29, 0.717) is 6.42 Å². The normalized spacial score (nSPS) is 11.4. The van der Waals surface area contributed by atoms with E-state index in [-0.39, 0.29) is 5.78 Å². The quantitative estimate of drug-likeness (QED) is 0.441. The lowest BCUT2D eigenvalue weighted by Crippen LogP contribution is -1.88. The highest BCUT2D eigenvalue weighted by atomic mass is 32.2. The molecule has 0 fully saturated rings. The van der Waals surface area contributed by atoms with Crippen LogP contribution in [0.15, 0.2) is 71.6 Å². The fraction of sp³-hybridized carbons (Fsp3) is 0.250. The van der Waals surface area contributed by atoms with E-state index in [2.05, 4.69) is 54.6 Å². The van der Waals surface area contributed by atoms with Crippen molar-refractivity contribution in [2.24, 2.45) is 0 Å². The van der Waals surface area contributed by atoms with E-state index in [0.717, 1.165) is 19.3 Å². The first-order valence-corrected chi connectivity index (χ1v) is 8.55. The Hall–Kier alpha value is -1.80. The average molecular weight is 310 g/mol. The number of hydrogen-bond acceptors (Lipinski definition) is 2. The van der Waals surface area contributed by atoms with Crippen LogP contribution in [0.1, 0.15) is 38.2 Å². The molecule has 22 heavy (non-hydrogen) atoms. The molecule has 0 aliphatic rings. The molecular formula is C20H22OS. The minimum Gasteiger partial charge on any atom is -0.300 e. The molecule has 2 rings (SSSR count). The third-order valence-corrected chi connectivity index (χ3v) is 4.47. The minimum atomic E-state index is 0.283. The molecular weight excluding hydrogens is 288 g/mol. The molecule has 2 aromatic rings. The number of rotatable bonds is 8. The summed E-state index contributed by atoms with van der Waals surface area (Å²) in [6.07, 6.45) is 6.04. The number of benzene rings is 2. The number of ketones is 1. The Kier molecular flexibility index (Phi) is 6.98. The van der Waals surface area contributed by atoms with Crippen LogP contribution in [0.3, 0.4) is 0 Å². The van der Waals surface area contributed by atoms with E-state index in [1.165, 1.54) is 15.4 Å². The summed E-state index contributed by atoms with van der Waals surface area (Å²) in [5.74, 6) is 0.283. The first kappa shape index (κ1) is 16.6. The molecule has 0 radical (unpaired) electrons. The highest BCUT2D eigenvalue weighted by Gasteiger charge is 2.03. The van der Waals surface area contributed by atoms with Crippen LogP contribution < -0.4 is 0 Å². The highest BCUT2D eigenvalue weighted by molar-refractivity contribution is 8.08. The van der Waals surface area contributed by atoms with Crippen molar-refractivity contribution in [2.45, 2.75) is 37.5 Å². The molecule has 0 aliphatic heterocycles. The van der Waals surface area contributed by atoms with Crippen molar-refractivity contribution in [1.29, 1.82) is 0 Å². The number of carbonyl (C=O) groups is 1. The molecule has 1 nitrogen and oxygen atoms in total. The molecule has 2 aromatic carbocycles. The van der Waals surface area contributed by atoms with Gasteiger partial charge >= 0.3 is 0 Å². The molecule has 0 heterocycles. The lowest BCUT2D eigenvalue weighted by Gasteiger charge is -2.08. The summed E-state index contributed by atoms with van der Waals surface area (Å²) >= 11 is 1.80. The third kappa shape index (κ3) is 5.90. The molecule has 0 aromatic heterocycles. The SMILES string of the molecule is CC(=O)CCCCC=C(Sc1ccccc1)c1ccccc1. The summed E-state index contributed by atoms with van der Waals surface area (Å²) in [7, 11) is 0. The van der Waals surface area contributed by atoms with Crippen LogP contribution in [0.2, 0.25) is 0 Å². The van der Waals surface area contributed by atoms with Crippen molar-refractivity contribution in [3.63, 3.8) is 0 Å². The summed E-state index contributed by atoms with van der Waals surface area (Å²) in [6, 6.07) is 20.9. The van der Waals surface area contributed by atoms with E-state index in [1.807, 2.05) is 12.1 Å². The van der Waals surface area contributed by atoms with Gasteiger partial charge in [0.25, 0.3) is 0 Å². The first-order valence-electron chi connectivity index (χ1n) is 7.73. The zero-order valence-corrected chi connectivity index (χ0v) is 13.8. The van der Waals surface area contributed by atoms with Crippen LogP contribution in [0.25, 0.3) is 4.91 Å². The van der Waals surface area contributed by atoms with Crippen molar-refractivity contribution in [1.82, 2.24) is 0 Å². The van der Waals surface area contributed by atoms with Gasteiger partial charge in [-0.15, -0.1) is 0 Å². The smallest absolute Gasteiger partial charge is 0.129 e. The van der Waals surface area contributed by atoms with E-state index >= 15 is 0 Å². The Morgan fingerprint density at radius 2 is 1.59 bits per heavy atom. The maximum absolute atomic E-state index is 11.0. The molecule has 0 bridgehead atoms. The lowest BCUT2D eigenvalue weighted by molar-refractivity contribution is -0.117. The Morgan fingerprint density at radius 3 is 2.23 bits per heavy atom.